The first-order valence-electron chi connectivity index (χ1n) is 4.52. The van der Waals surface area contributed by atoms with E-state index in [1.165, 1.54) is 5.56 Å². The van der Waals surface area contributed by atoms with E-state index in [1.807, 2.05) is 37.3 Å². The molecule has 0 bridgehead atoms. The van der Waals surface area contributed by atoms with Crippen LogP contribution in [0.25, 0.3) is 0 Å². The van der Waals surface area contributed by atoms with Gasteiger partial charge >= 0.3 is 0 Å². The fourth-order valence-corrected chi connectivity index (χ4v) is 1.56. The van der Waals surface area contributed by atoms with E-state index in [0.717, 1.165) is 6.42 Å². The normalized spacial score (nSPS) is 12.7. The van der Waals surface area contributed by atoms with Gasteiger partial charge in [-0.2, -0.15) is 0 Å². The zero-order chi connectivity index (χ0) is 9.52. The van der Waals surface area contributed by atoms with Crippen molar-refractivity contribution >= 4 is 8.03 Å². The van der Waals surface area contributed by atoms with E-state index in [4.69, 9.17) is 4.52 Å². The van der Waals surface area contributed by atoms with E-state index in [9.17, 15) is 4.57 Å². The van der Waals surface area contributed by atoms with Crippen molar-refractivity contribution in [2.75, 3.05) is 12.8 Å². The molecule has 1 rings (SSSR count). The molecule has 0 amide bonds. The minimum absolute atomic E-state index is 0.565. The molecule has 13 heavy (non-hydrogen) atoms. The van der Waals surface area contributed by atoms with Crippen LogP contribution in [0.1, 0.15) is 12.5 Å². The van der Waals surface area contributed by atoms with Crippen LogP contribution in [0.2, 0.25) is 0 Å². The third-order valence-electron chi connectivity index (χ3n) is 1.79. The van der Waals surface area contributed by atoms with Gasteiger partial charge in [0.25, 0.3) is 0 Å². The first-order chi connectivity index (χ1) is 6.33. The number of hydrogen-bond acceptors (Lipinski definition) is 2. The second kappa shape index (κ2) is 5.95. The average molecular weight is 198 g/mol. The van der Waals surface area contributed by atoms with Crippen molar-refractivity contribution in [1.29, 1.82) is 0 Å². The average Bonchev–Trinajstić information content (AvgIpc) is 2.19. The highest BCUT2D eigenvalue weighted by atomic mass is 31.1. The molecule has 0 saturated carbocycles. The molecule has 0 aliphatic carbocycles. The fraction of sp³-hybridized carbons (Fsp3) is 0.400. The minimum atomic E-state index is -1.75. The lowest BCUT2D eigenvalue weighted by molar-refractivity contribution is 0.334. The van der Waals surface area contributed by atoms with Gasteiger partial charge < -0.3 is 4.52 Å². The van der Waals surface area contributed by atoms with Crippen LogP contribution in [0.15, 0.2) is 30.3 Å². The summed E-state index contributed by atoms with van der Waals surface area (Å²) in [6, 6.07) is 10.1. The molecule has 1 atom stereocenters. The molecule has 0 spiro atoms. The van der Waals surface area contributed by atoms with Crippen molar-refractivity contribution in [3.05, 3.63) is 35.9 Å². The van der Waals surface area contributed by atoms with Crippen molar-refractivity contribution < 1.29 is 9.09 Å². The van der Waals surface area contributed by atoms with Gasteiger partial charge in [-0.15, -0.1) is 0 Å². The molecular weight excluding hydrogens is 183 g/mol. The number of rotatable bonds is 5. The first kappa shape index (κ1) is 10.5. The van der Waals surface area contributed by atoms with E-state index in [2.05, 4.69) is 0 Å². The summed E-state index contributed by atoms with van der Waals surface area (Å²) in [5, 5.41) is 0. The smallest absolute Gasteiger partial charge is 0.191 e. The van der Waals surface area contributed by atoms with E-state index in [0.29, 0.717) is 12.8 Å². The molecular formula is C10H15O2P. The minimum Gasteiger partial charge on any atom is -0.330 e. The third-order valence-corrected chi connectivity index (χ3v) is 2.89. The SMILES string of the molecule is CC[PH](=O)OCCc1ccccc1. The van der Waals surface area contributed by atoms with E-state index in [1.54, 1.807) is 0 Å². The molecule has 0 saturated heterocycles. The Morgan fingerprint density at radius 1 is 1.31 bits per heavy atom. The van der Waals surface area contributed by atoms with Crippen molar-refractivity contribution in [3.8, 4) is 0 Å². The third kappa shape index (κ3) is 4.25. The van der Waals surface area contributed by atoms with Crippen LogP contribution in [0.3, 0.4) is 0 Å². The number of hydrogen-bond donors (Lipinski definition) is 0. The highest BCUT2D eigenvalue weighted by Gasteiger charge is 1.95. The van der Waals surface area contributed by atoms with Gasteiger partial charge in [0.15, 0.2) is 8.03 Å². The van der Waals surface area contributed by atoms with Gasteiger partial charge in [-0.05, 0) is 12.0 Å². The predicted molar refractivity (Wildman–Crippen MR) is 55.6 cm³/mol. The number of benzene rings is 1. The molecule has 3 heteroatoms. The molecule has 1 aromatic carbocycles. The highest BCUT2D eigenvalue weighted by molar-refractivity contribution is 7.39. The molecule has 1 unspecified atom stereocenters. The lowest BCUT2D eigenvalue weighted by atomic mass is 10.2. The Kier molecular flexibility index (Phi) is 4.81. The van der Waals surface area contributed by atoms with Gasteiger partial charge in [0.1, 0.15) is 0 Å². The molecule has 0 N–H and O–H groups in total. The standard InChI is InChI=1S/C10H15O2P/c1-2-13(11)12-9-8-10-6-4-3-5-7-10/h3-7,13H,2,8-9H2,1H3. The molecule has 0 aliphatic heterocycles. The van der Waals surface area contributed by atoms with Crippen molar-refractivity contribution in [2.24, 2.45) is 0 Å². The van der Waals surface area contributed by atoms with Crippen LogP contribution in [0, 0.1) is 0 Å². The second-order valence-corrected chi connectivity index (χ2v) is 4.55. The molecule has 72 valence electrons. The Hall–Kier alpha value is -0.590. The monoisotopic (exact) mass is 198 g/mol. The largest absolute Gasteiger partial charge is 0.330 e. The van der Waals surface area contributed by atoms with Crippen LogP contribution in [-0.4, -0.2) is 12.8 Å². The van der Waals surface area contributed by atoms with Crippen LogP contribution in [-0.2, 0) is 15.5 Å². The molecule has 0 aliphatic rings. The zero-order valence-corrected chi connectivity index (χ0v) is 8.82. The Labute approximate surface area is 79.8 Å². The van der Waals surface area contributed by atoms with Gasteiger partial charge in [0, 0.05) is 6.16 Å². The van der Waals surface area contributed by atoms with Crippen LogP contribution in [0.4, 0.5) is 0 Å². The molecule has 0 aromatic heterocycles. The lowest BCUT2D eigenvalue weighted by Gasteiger charge is -2.01. The molecule has 0 heterocycles. The Morgan fingerprint density at radius 2 is 2.00 bits per heavy atom. The summed E-state index contributed by atoms with van der Waals surface area (Å²) in [5.41, 5.74) is 1.23. The van der Waals surface area contributed by atoms with Crippen LogP contribution >= 0.6 is 8.03 Å². The first-order valence-corrected chi connectivity index (χ1v) is 6.05. The van der Waals surface area contributed by atoms with E-state index < -0.39 is 8.03 Å². The van der Waals surface area contributed by atoms with Gasteiger partial charge in [-0.3, -0.25) is 4.57 Å². The Balaban J connectivity index is 2.24. The van der Waals surface area contributed by atoms with Crippen LogP contribution < -0.4 is 0 Å². The summed E-state index contributed by atoms with van der Waals surface area (Å²) in [6.07, 6.45) is 1.48. The summed E-state index contributed by atoms with van der Waals surface area (Å²) in [5.74, 6) is 0. The molecule has 0 fully saturated rings. The maximum absolute atomic E-state index is 11.0. The summed E-state index contributed by atoms with van der Waals surface area (Å²) < 4.78 is 16.1. The molecule has 1 aromatic rings. The van der Waals surface area contributed by atoms with Gasteiger partial charge in [0.05, 0.1) is 6.61 Å². The van der Waals surface area contributed by atoms with Crippen molar-refractivity contribution in [3.63, 3.8) is 0 Å². The van der Waals surface area contributed by atoms with Crippen molar-refractivity contribution in [2.45, 2.75) is 13.3 Å². The Bertz CT molecular complexity index is 259. The maximum Gasteiger partial charge on any atom is 0.191 e. The van der Waals surface area contributed by atoms with Crippen LogP contribution in [0.5, 0.6) is 0 Å². The predicted octanol–water partition coefficient (Wildman–Crippen LogP) is 2.74. The Morgan fingerprint density at radius 3 is 2.62 bits per heavy atom. The molecule has 2 nitrogen and oxygen atoms in total. The summed E-state index contributed by atoms with van der Waals surface area (Å²) in [6.45, 7) is 2.44. The quantitative estimate of drug-likeness (QED) is 0.680. The summed E-state index contributed by atoms with van der Waals surface area (Å²) in [4.78, 5) is 0. The summed E-state index contributed by atoms with van der Waals surface area (Å²) >= 11 is 0. The van der Waals surface area contributed by atoms with Gasteiger partial charge in [-0.1, -0.05) is 37.3 Å². The van der Waals surface area contributed by atoms with Crippen molar-refractivity contribution in [1.82, 2.24) is 0 Å². The summed E-state index contributed by atoms with van der Waals surface area (Å²) in [7, 11) is -1.75. The van der Waals surface area contributed by atoms with E-state index >= 15 is 0 Å². The fourth-order valence-electron chi connectivity index (χ4n) is 1.03. The topological polar surface area (TPSA) is 26.3 Å². The molecule has 0 radical (unpaired) electrons. The highest BCUT2D eigenvalue weighted by Crippen LogP contribution is 2.20. The van der Waals surface area contributed by atoms with E-state index in [-0.39, 0.29) is 0 Å². The van der Waals surface area contributed by atoms with Gasteiger partial charge in [0.2, 0.25) is 0 Å². The lowest BCUT2D eigenvalue weighted by Crippen LogP contribution is -1.93. The zero-order valence-electron chi connectivity index (χ0n) is 7.82. The second-order valence-electron chi connectivity index (χ2n) is 2.81. The van der Waals surface area contributed by atoms with Gasteiger partial charge in [-0.25, -0.2) is 0 Å². The maximum atomic E-state index is 11.0.